The van der Waals surface area contributed by atoms with Crippen molar-refractivity contribution in [3.05, 3.63) is 65.0 Å². The molecule has 3 aromatic rings. The number of alkyl halides is 3. The van der Waals surface area contributed by atoms with Gasteiger partial charge in [0.2, 0.25) is 11.8 Å². The Hall–Kier alpha value is -2.54. The van der Waals surface area contributed by atoms with Crippen LogP contribution in [0.1, 0.15) is 11.5 Å². The molecule has 0 amide bonds. The van der Waals surface area contributed by atoms with Crippen molar-refractivity contribution in [1.82, 2.24) is 10.2 Å². The second-order valence-corrected chi connectivity index (χ2v) is 5.32. The molecule has 8 heteroatoms. The Bertz CT molecular complexity index is 834. The van der Waals surface area contributed by atoms with Crippen LogP contribution in [0.4, 0.5) is 18.9 Å². The van der Waals surface area contributed by atoms with Gasteiger partial charge in [0.25, 0.3) is 0 Å². The van der Waals surface area contributed by atoms with Gasteiger partial charge in [0.15, 0.2) is 0 Å². The van der Waals surface area contributed by atoms with Gasteiger partial charge in [-0.3, -0.25) is 0 Å². The first kappa shape index (κ1) is 16.3. The monoisotopic (exact) mass is 353 g/mol. The zero-order valence-electron chi connectivity index (χ0n) is 12.1. The van der Waals surface area contributed by atoms with Crippen LogP contribution in [0.3, 0.4) is 0 Å². The number of rotatable bonds is 4. The van der Waals surface area contributed by atoms with Crippen LogP contribution in [0.5, 0.6) is 0 Å². The average Bonchev–Trinajstić information content (AvgIpc) is 3.03. The number of hydrogen-bond donors (Lipinski definition) is 1. The van der Waals surface area contributed by atoms with E-state index >= 15 is 0 Å². The maximum Gasteiger partial charge on any atom is 0.417 e. The van der Waals surface area contributed by atoms with E-state index in [0.29, 0.717) is 5.89 Å². The van der Waals surface area contributed by atoms with E-state index < -0.39 is 11.7 Å². The van der Waals surface area contributed by atoms with Crippen LogP contribution in [0.25, 0.3) is 11.5 Å². The van der Waals surface area contributed by atoms with Gasteiger partial charge in [-0.1, -0.05) is 29.8 Å². The molecule has 0 unspecified atom stereocenters. The zero-order chi connectivity index (χ0) is 17.2. The third kappa shape index (κ3) is 3.68. The summed E-state index contributed by atoms with van der Waals surface area (Å²) in [6, 6.07) is 12.8. The molecule has 0 spiro atoms. The van der Waals surface area contributed by atoms with Crippen LogP contribution in [0, 0.1) is 0 Å². The first-order chi connectivity index (χ1) is 11.4. The van der Waals surface area contributed by atoms with Crippen molar-refractivity contribution >= 4 is 17.3 Å². The molecule has 1 aromatic heterocycles. The molecule has 0 aliphatic heterocycles. The van der Waals surface area contributed by atoms with Crippen LogP contribution in [-0.2, 0) is 12.7 Å². The first-order valence-electron chi connectivity index (χ1n) is 6.92. The van der Waals surface area contributed by atoms with E-state index in [1.54, 1.807) is 0 Å². The summed E-state index contributed by atoms with van der Waals surface area (Å²) in [5.74, 6) is 0.608. The summed E-state index contributed by atoms with van der Waals surface area (Å²) >= 11 is 5.58. The van der Waals surface area contributed by atoms with Gasteiger partial charge in [0, 0.05) is 11.3 Å². The molecule has 3 rings (SSSR count). The molecule has 0 radical (unpaired) electrons. The van der Waals surface area contributed by atoms with Gasteiger partial charge < -0.3 is 9.73 Å². The topological polar surface area (TPSA) is 51.0 Å². The Morgan fingerprint density at radius 1 is 1.04 bits per heavy atom. The summed E-state index contributed by atoms with van der Waals surface area (Å²) in [5.41, 5.74) is 0.123. The van der Waals surface area contributed by atoms with Crippen LogP contribution in [0.2, 0.25) is 5.02 Å². The summed E-state index contributed by atoms with van der Waals surface area (Å²) in [4.78, 5) is 0. The van der Waals surface area contributed by atoms with Crippen LogP contribution >= 0.6 is 11.6 Å². The number of halogens is 4. The number of aromatic nitrogens is 2. The molecule has 2 aromatic carbocycles. The minimum absolute atomic E-state index is 0.0960. The number of benzene rings is 2. The summed E-state index contributed by atoms with van der Waals surface area (Å²) in [5, 5.41) is 10.2. The second-order valence-electron chi connectivity index (χ2n) is 4.91. The lowest BCUT2D eigenvalue weighted by molar-refractivity contribution is -0.137. The lowest BCUT2D eigenvalue weighted by Gasteiger charge is -2.11. The Balaban J connectivity index is 1.72. The molecule has 4 nitrogen and oxygen atoms in total. The van der Waals surface area contributed by atoms with Gasteiger partial charge in [0.1, 0.15) is 0 Å². The van der Waals surface area contributed by atoms with E-state index in [9.17, 15) is 13.2 Å². The highest BCUT2D eigenvalue weighted by Gasteiger charge is 2.33. The molecule has 1 N–H and O–H groups in total. The minimum atomic E-state index is -4.51. The number of nitrogens with one attached hydrogen (secondary N) is 1. The van der Waals surface area contributed by atoms with Crippen molar-refractivity contribution in [3.8, 4) is 11.5 Å². The normalized spacial score (nSPS) is 11.5. The molecule has 0 saturated carbocycles. The van der Waals surface area contributed by atoms with Crippen LogP contribution in [-0.4, -0.2) is 10.2 Å². The number of anilines is 1. The van der Waals surface area contributed by atoms with Gasteiger partial charge >= 0.3 is 6.18 Å². The number of nitrogens with zero attached hydrogens (tertiary/aromatic N) is 2. The fourth-order valence-corrected chi connectivity index (χ4v) is 2.28. The van der Waals surface area contributed by atoms with Gasteiger partial charge in [0.05, 0.1) is 17.1 Å². The van der Waals surface area contributed by atoms with E-state index in [-0.39, 0.29) is 23.1 Å². The highest BCUT2D eigenvalue weighted by atomic mass is 35.5. The van der Waals surface area contributed by atoms with Crippen molar-refractivity contribution in [1.29, 1.82) is 0 Å². The third-order valence-corrected chi connectivity index (χ3v) is 3.53. The molecule has 1 heterocycles. The highest BCUT2D eigenvalue weighted by molar-refractivity contribution is 6.31. The van der Waals surface area contributed by atoms with Gasteiger partial charge in [-0.25, -0.2) is 0 Å². The van der Waals surface area contributed by atoms with Crippen LogP contribution in [0.15, 0.2) is 52.9 Å². The molecular formula is C16H11ClF3N3O. The van der Waals surface area contributed by atoms with Crippen molar-refractivity contribution < 1.29 is 17.6 Å². The molecule has 24 heavy (non-hydrogen) atoms. The fourth-order valence-electron chi connectivity index (χ4n) is 2.05. The SMILES string of the molecule is FC(F)(F)c1cc(NCc2nnc(-c3ccccc3)o2)ccc1Cl. The van der Waals surface area contributed by atoms with Crippen LogP contribution < -0.4 is 5.32 Å². The maximum absolute atomic E-state index is 12.8. The third-order valence-electron chi connectivity index (χ3n) is 3.20. The molecule has 0 aliphatic rings. The smallest absolute Gasteiger partial charge is 0.417 e. The summed E-state index contributed by atoms with van der Waals surface area (Å²) in [7, 11) is 0. The Morgan fingerprint density at radius 3 is 2.50 bits per heavy atom. The Kier molecular flexibility index (Phi) is 4.44. The van der Waals surface area contributed by atoms with Crippen molar-refractivity contribution in [2.45, 2.75) is 12.7 Å². The fraction of sp³-hybridized carbons (Fsp3) is 0.125. The predicted molar refractivity (Wildman–Crippen MR) is 83.5 cm³/mol. The van der Waals surface area contributed by atoms with E-state index in [2.05, 4.69) is 15.5 Å². The van der Waals surface area contributed by atoms with Gasteiger partial charge in [-0.05, 0) is 30.3 Å². The second kappa shape index (κ2) is 6.52. The lowest BCUT2D eigenvalue weighted by Crippen LogP contribution is -2.07. The quantitative estimate of drug-likeness (QED) is 0.715. The first-order valence-corrected chi connectivity index (χ1v) is 7.30. The van der Waals surface area contributed by atoms with E-state index in [1.165, 1.54) is 12.1 Å². The van der Waals surface area contributed by atoms with Gasteiger partial charge in [-0.15, -0.1) is 10.2 Å². The van der Waals surface area contributed by atoms with Gasteiger partial charge in [-0.2, -0.15) is 13.2 Å². The van der Waals surface area contributed by atoms with E-state index in [4.69, 9.17) is 16.0 Å². The highest BCUT2D eigenvalue weighted by Crippen LogP contribution is 2.36. The van der Waals surface area contributed by atoms with E-state index in [1.807, 2.05) is 30.3 Å². The lowest BCUT2D eigenvalue weighted by atomic mass is 10.2. The van der Waals surface area contributed by atoms with Crippen molar-refractivity contribution in [2.24, 2.45) is 0 Å². The largest absolute Gasteiger partial charge is 0.419 e. The minimum Gasteiger partial charge on any atom is -0.419 e. The molecule has 0 saturated heterocycles. The summed E-state index contributed by atoms with van der Waals surface area (Å²) in [6.45, 7) is 0.0960. The Labute approximate surface area is 140 Å². The molecule has 0 fully saturated rings. The molecule has 0 atom stereocenters. The summed E-state index contributed by atoms with van der Waals surface area (Å²) < 4.78 is 44.0. The average molecular weight is 354 g/mol. The predicted octanol–water partition coefficient (Wildman–Crippen LogP) is 5.02. The molecule has 124 valence electrons. The Morgan fingerprint density at radius 2 is 1.79 bits per heavy atom. The molecule has 0 bridgehead atoms. The van der Waals surface area contributed by atoms with Crippen molar-refractivity contribution in [3.63, 3.8) is 0 Å². The maximum atomic E-state index is 12.8. The standard InChI is InChI=1S/C16H11ClF3N3O/c17-13-7-6-11(8-12(13)16(18,19)20)21-9-14-22-23-15(24-14)10-4-2-1-3-5-10/h1-8,21H,9H2. The molecule has 0 aliphatic carbocycles. The van der Waals surface area contributed by atoms with E-state index in [0.717, 1.165) is 11.6 Å². The molecular weight excluding hydrogens is 343 g/mol. The summed E-state index contributed by atoms with van der Waals surface area (Å²) in [6.07, 6.45) is -4.51. The zero-order valence-corrected chi connectivity index (χ0v) is 12.9. The van der Waals surface area contributed by atoms with Crippen molar-refractivity contribution in [2.75, 3.05) is 5.32 Å². The number of hydrogen-bond acceptors (Lipinski definition) is 4.